The quantitative estimate of drug-likeness (QED) is 0.770. The van der Waals surface area contributed by atoms with Crippen molar-refractivity contribution in [3.05, 3.63) is 39.9 Å². The van der Waals surface area contributed by atoms with E-state index in [1.54, 1.807) is 10.6 Å². The third kappa shape index (κ3) is 1.92. The lowest BCUT2D eigenvalue weighted by atomic mass is 10.2. The molecule has 0 unspecified atom stereocenters. The van der Waals surface area contributed by atoms with Crippen molar-refractivity contribution in [1.82, 2.24) is 24.1 Å². The molecule has 3 aromatic rings. The zero-order chi connectivity index (χ0) is 14.3. The third-order valence-electron chi connectivity index (χ3n) is 2.87. The van der Waals surface area contributed by atoms with E-state index in [0.717, 1.165) is 0 Å². The molecular weight excluding hydrogens is 282 g/mol. The van der Waals surface area contributed by atoms with Gasteiger partial charge in [0.25, 0.3) is 5.56 Å². The standard InChI is InChI=1S/C12H10ClN5O2/c1-2-17-10(7-3-4-14-9(19)5-7)16-18-6-8(13)11(20)15-12(17)18/h3-6H,2H2,1H3,(H,14,19). The number of aryl methyl sites for hydroxylation is 1. The Morgan fingerprint density at radius 1 is 1.45 bits per heavy atom. The van der Waals surface area contributed by atoms with Gasteiger partial charge in [0.2, 0.25) is 11.7 Å². The first-order valence-corrected chi connectivity index (χ1v) is 6.29. The van der Waals surface area contributed by atoms with Gasteiger partial charge in [0.1, 0.15) is 5.02 Å². The normalized spacial score (nSPS) is 11.1. The molecule has 0 amide bonds. The Kier molecular flexibility index (Phi) is 2.90. The van der Waals surface area contributed by atoms with Crippen molar-refractivity contribution >= 4 is 17.4 Å². The summed E-state index contributed by atoms with van der Waals surface area (Å²) in [5, 5.41) is 13.8. The van der Waals surface area contributed by atoms with Crippen molar-refractivity contribution in [2.24, 2.45) is 0 Å². The highest BCUT2D eigenvalue weighted by Gasteiger charge is 2.14. The average Bonchev–Trinajstić information content (AvgIpc) is 2.77. The second kappa shape index (κ2) is 4.61. The minimum atomic E-state index is -0.495. The molecule has 0 aliphatic rings. The molecule has 0 aliphatic heterocycles. The van der Waals surface area contributed by atoms with E-state index in [1.165, 1.54) is 23.0 Å². The van der Waals surface area contributed by atoms with Crippen LogP contribution in [0.2, 0.25) is 5.02 Å². The van der Waals surface area contributed by atoms with Crippen LogP contribution in [0, 0.1) is 0 Å². The number of aromatic nitrogens is 5. The fraction of sp³-hybridized carbons (Fsp3) is 0.167. The summed E-state index contributed by atoms with van der Waals surface area (Å²) in [6.07, 6.45) is 2.90. The number of pyridine rings is 1. The molecule has 7 nitrogen and oxygen atoms in total. The number of hydrogen-bond donors (Lipinski definition) is 1. The van der Waals surface area contributed by atoms with E-state index in [4.69, 9.17) is 11.6 Å². The van der Waals surface area contributed by atoms with Crippen LogP contribution < -0.4 is 5.56 Å². The molecule has 0 saturated carbocycles. The van der Waals surface area contributed by atoms with Crippen LogP contribution in [0.25, 0.3) is 17.2 Å². The summed E-state index contributed by atoms with van der Waals surface area (Å²) in [5.74, 6) is 0.866. The molecule has 3 heterocycles. The molecule has 0 fully saturated rings. The number of fused-ring (bicyclic) bond motifs is 1. The van der Waals surface area contributed by atoms with Gasteiger partial charge in [0.15, 0.2) is 5.82 Å². The topological polar surface area (TPSA) is 85.3 Å². The first-order valence-electron chi connectivity index (χ1n) is 5.91. The summed E-state index contributed by atoms with van der Waals surface area (Å²) < 4.78 is 3.20. The first-order chi connectivity index (χ1) is 9.60. The lowest BCUT2D eigenvalue weighted by Crippen LogP contribution is -2.11. The predicted octanol–water partition coefficient (Wildman–Crippen LogP) is 1.33. The fourth-order valence-corrected chi connectivity index (χ4v) is 2.12. The summed E-state index contributed by atoms with van der Waals surface area (Å²) in [7, 11) is 0. The zero-order valence-electron chi connectivity index (χ0n) is 10.5. The van der Waals surface area contributed by atoms with E-state index in [1.807, 2.05) is 6.92 Å². The molecular formula is C12H10ClN5O2. The molecule has 0 radical (unpaired) electrons. The smallest absolute Gasteiger partial charge is 0.293 e. The highest BCUT2D eigenvalue weighted by molar-refractivity contribution is 6.30. The van der Waals surface area contributed by atoms with Crippen LogP contribution in [-0.4, -0.2) is 29.3 Å². The Balaban J connectivity index is 2.33. The maximum absolute atomic E-state index is 11.6. The minimum Gasteiger partial charge on any atom is -0.493 e. The van der Waals surface area contributed by atoms with Gasteiger partial charge >= 0.3 is 0 Å². The van der Waals surface area contributed by atoms with Gasteiger partial charge in [0.05, 0.1) is 6.20 Å². The molecule has 0 atom stereocenters. The molecule has 0 aliphatic carbocycles. The van der Waals surface area contributed by atoms with E-state index in [-0.39, 0.29) is 10.9 Å². The molecule has 0 spiro atoms. The highest BCUT2D eigenvalue weighted by atomic mass is 35.5. The Morgan fingerprint density at radius 2 is 2.25 bits per heavy atom. The van der Waals surface area contributed by atoms with Crippen molar-refractivity contribution in [1.29, 1.82) is 0 Å². The Morgan fingerprint density at radius 3 is 2.95 bits per heavy atom. The van der Waals surface area contributed by atoms with Gasteiger partial charge in [-0.05, 0) is 13.0 Å². The van der Waals surface area contributed by atoms with Gasteiger partial charge in [-0.2, -0.15) is 4.98 Å². The Labute approximate surface area is 118 Å². The zero-order valence-corrected chi connectivity index (χ0v) is 11.2. The molecule has 0 bridgehead atoms. The van der Waals surface area contributed by atoms with Crippen molar-refractivity contribution in [3.8, 4) is 17.3 Å². The maximum Gasteiger partial charge on any atom is 0.293 e. The number of halogens is 1. The molecule has 1 N–H and O–H groups in total. The minimum absolute atomic E-state index is 0.00683. The van der Waals surface area contributed by atoms with Gasteiger partial charge < -0.3 is 5.11 Å². The second-order valence-electron chi connectivity index (χ2n) is 4.11. The number of rotatable bonds is 2. The van der Waals surface area contributed by atoms with E-state index in [2.05, 4.69) is 15.1 Å². The summed E-state index contributed by atoms with van der Waals surface area (Å²) in [6.45, 7) is 2.48. The largest absolute Gasteiger partial charge is 0.493 e. The Bertz CT molecular complexity index is 855. The van der Waals surface area contributed by atoms with E-state index >= 15 is 0 Å². The fourth-order valence-electron chi connectivity index (χ4n) is 1.99. The average molecular weight is 292 g/mol. The van der Waals surface area contributed by atoms with Crippen molar-refractivity contribution < 1.29 is 5.11 Å². The van der Waals surface area contributed by atoms with Crippen LogP contribution in [-0.2, 0) is 6.54 Å². The lowest BCUT2D eigenvalue weighted by Gasteiger charge is -2.03. The van der Waals surface area contributed by atoms with E-state index < -0.39 is 5.56 Å². The molecule has 3 rings (SSSR count). The van der Waals surface area contributed by atoms with Gasteiger partial charge in [-0.3, -0.25) is 9.36 Å². The number of hydrogen-bond acceptors (Lipinski definition) is 5. The predicted molar refractivity (Wildman–Crippen MR) is 72.8 cm³/mol. The van der Waals surface area contributed by atoms with Crippen LogP contribution in [0.3, 0.4) is 0 Å². The molecule has 102 valence electrons. The van der Waals surface area contributed by atoms with Crippen LogP contribution in [0.4, 0.5) is 0 Å². The number of aromatic hydroxyl groups is 1. The van der Waals surface area contributed by atoms with Crippen molar-refractivity contribution in [3.63, 3.8) is 0 Å². The molecule has 0 aromatic carbocycles. The summed E-state index contributed by atoms with van der Waals surface area (Å²) >= 11 is 5.77. The van der Waals surface area contributed by atoms with Crippen molar-refractivity contribution in [2.75, 3.05) is 0 Å². The Hall–Kier alpha value is -2.41. The highest BCUT2D eigenvalue weighted by Crippen LogP contribution is 2.21. The first kappa shape index (κ1) is 12.6. The molecule has 8 heteroatoms. The monoisotopic (exact) mass is 291 g/mol. The van der Waals surface area contributed by atoms with Crippen LogP contribution in [0.15, 0.2) is 29.3 Å². The second-order valence-corrected chi connectivity index (χ2v) is 4.52. The van der Waals surface area contributed by atoms with Gasteiger partial charge in [-0.15, -0.1) is 5.10 Å². The van der Waals surface area contributed by atoms with Gasteiger partial charge in [-0.1, -0.05) is 11.6 Å². The summed E-state index contributed by atoms with van der Waals surface area (Å²) in [6, 6.07) is 3.21. The van der Waals surface area contributed by atoms with Gasteiger partial charge in [-0.25, -0.2) is 9.50 Å². The molecule has 20 heavy (non-hydrogen) atoms. The molecule has 0 saturated heterocycles. The lowest BCUT2D eigenvalue weighted by molar-refractivity contribution is 0.453. The molecule has 3 aromatic heterocycles. The van der Waals surface area contributed by atoms with Gasteiger partial charge in [0, 0.05) is 24.4 Å². The maximum atomic E-state index is 11.6. The summed E-state index contributed by atoms with van der Waals surface area (Å²) in [4.78, 5) is 19.2. The third-order valence-corrected chi connectivity index (χ3v) is 3.13. The van der Waals surface area contributed by atoms with E-state index in [9.17, 15) is 9.90 Å². The number of nitrogens with zero attached hydrogens (tertiary/aromatic N) is 5. The van der Waals surface area contributed by atoms with Crippen molar-refractivity contribution in [2.45, 2.75) is 13.5 Å². The van der Waals surface area contributed by atoms with Crippen LogP contribution in [0.5, 0.6) is 5.88 Å². The van der Waals surface area contributed by atoms with Crippen LogP contribution >= 0.6 is 11.6 Å². The summed E-state index contributed by atoms with van der Waals surface area (Å²) in [5.41, 5.74) is 0.179. The van der Waals surface area contributed by atoms with Crippen LogP contribution in [0.1, 0.15) is 6.92 Å². The van der Waals surface area contributed by atoms with E-state index in [0.29, 0.717) is 23.7 Å². The SMILES string of the molecule is CCn1c(-c2ccnc(O)c2)nn2cc(Cl)c(=O)nc12.